The second-order valence-corrected chi connectivity index (χ2v) is 5.73. The van der Waals surface area contributed by atoms with Crippen molar-refractivity contribution in [1.82, 2.24) is 0 Å². The summed E-state index contributed by atoms with van der Waals surface area (Å²) in [5, 5.41) is 12.0. The smallest absolute Gasteiger partial charge is 0.340 e. The average molecular weight is 394 g/mol. The van der Waals surface area contributed by atoms with Crippen LogP contribution in [0.25, 0.3) is 6.08 Å². The number of carbonyl (C=O) groups excluding carboxylic acids is 2. The van der Waals surface area contributed by atoms with Gasteiger partial charge in [0.15, 0.2) is 11.5 Å². The van der Waals surface area contributed by atoms with Crippen LogP contribution in [0.15, 0.2) is 48.0 Å². The molecule has 2 aromatic rings. The number of nitriles is 1. The number of nitrogens with one attached hydrogen (secondary N) is 1. The Hall–Kier alpha value is -3.79. The number of esters is 1. The molecule has 0 aliphatic carbocycles. The van der Waals surface area contributed by atoms with Crippen molar-refractivity contribution in [2.24, 2.45) is 0 Å². The molecule has 0 bridgehead atoms. The van der Waals surface area contributed by atoms with Gasteiger partial charge in [-0.1, -0.05) is 18.2 Å². The lowest BCUT2D eigenvalue weighted by Crippen LogP contribution is -2.17. The fourth-order valence-electron chi connectivity index (χ4n) is 2.53. The number of benzene rings is 2. The molecular formula is C22H22N2O5. The van der Waals surface area contributed by atoms with Gasteiger partial charge in [-0.25, -0.2) is 4.79 Å². The lowest BCUT2D eigenvalue weighted by atomic mass is 10.1. The van der Waals surface area contributed by atoms with Crippen LogP contribution in [0, 0.1) is 11.3 Å². The van der Waals surface area contributed by atoms with Gasteiger partial charge in [0.2, 0.25) is 0 Å². The molecular weight excluding hydrogens is 372 g/mol. The van der Waals surface area contributed by atoms with Crippen LogP contribution < -0.4 is 14.8 Å². The lowest BCUT2D eigenvalue weighted by Gasteiger charge is -2.11. The molecule has 0 heterocycles. The topological polar surface area (TPSA) is 97.7 Å². The van der Waals surface area contributed by atoms with Crippen molar-refractivity contribution in [2.45, 2.75) is 13.8 Å². The predicted molar refractivity (Wildman–Crippen MR) is 109 cm³/mol. The number of nitrogens with zero attached hydrogens (tertiary/aromatic N) is 1. The van der Waals surface area contributed by atoms with Gasteiger partial charge in [0.1, 0.15) is 11.6 Å². The van der Waals surface area contributed by atoms with E-state index in [1.165, 1.54) is 13.2 Å². The first kappa shape index (κ1) is 21.5. The zero-order valence-corrected chi connectivity index (χ0v) is 16.5. The summed E-state index contributed by atoms with van der Waals surface area (Å²) in [5.74, 6) is -0.135. The van der Waals surface area contributed by atoms with Crippen molar-refractivity contribution < 1.29 is 23.8 Å². The van der Waals surface area contributed by atoms with E-state index in [9.17, 15) is 14.9 Å². The predicted octanol–water partition coefficient (Wildman–Crippen LogP) is 3.82. The first-order valence-electron chi connectivity index (χ1n) is 9.04. The summed E-state index contributed by atoms with van der Waals surface area (Å²) in [7, 11) is 1.51. The van der Waals surface area contributed by atoms with E-state index >= 15 is 0 Å². The molecule has 150 valence electrons. The number of anilines is 1. The van der Waals surface area contributed by atoms with Gasteiger partial charge < -0.3 is 19.5 Å². The summed E-state index contributed by atoms with van der Waals surface area (Å²) < 4.78 is 15.7. The monoisotopic (exact) mass is 394 g/mol. The summed E-state index contributed by atoms with van der Waals surface area (Å²) in [6, 6.07) is 13.4. The summed E-state index contributed by atoms with van der Waals surface area (Å²) >= 11 is 0. The molecule has 2 rings (SSSR count). The Morgan fingerprint density at radius 2 is 1.86 bits per heavy atom. The van der Waals surface area contributed by atoms with Gasteiger partial charge in [0.25, 0.3) is 5.91 Å². The summed E-state index contributed by atoms with van der Waals surface area (Å²) in [6.45, 7) is 4.25. The van der Waals surface area contributed by atoms with Gasteiger partial charge in [-0.2, -0.15) is 5.26 Å². The molecule has 0 aromatic heterocycles. The molecule has 0 spiro atoms. The van der Waals surface area contributed by atoms with Crippen molar-refractivity contribution in [3.63, 3.8) is 0 Å². The number of amides is 1. The van der Waals surface area contributed by atoms with Crippen molar-refractivity contribution in [1.29, 1.82) is 5.26 Å². The highest BCUT2D eigenvalue weighted by Gasteiger charge is 2.16. The van der Waals surface area contributed by atoms with E-state index in [1.807, 2.05) is 13.0 Å². The molecule has 1 N–H and O–H groups in total. The molecule has 0 saturated carbocycles. The summed E-state index contributed by atoms with van der Waals surface area (Å²) in [6.07, 6.45) is 1.43. The number of carbonyl (C=O) groups is 2. The van der Waals surface area contributed by atoms with E-state index < -0.39 is 11.9 Å². The Balaban J connectivity index is 2.28. The van der Waals surface area contributed by atoms with Gasteiger partial charge in [-0.15, -0.1) is 0 Å². The third-order valence-corrected chi connectivity index (χ3v) is 3.83. The highest BCUT2D eigenvalue weighted by atomic mass is 16.5. The van der Waals surface area contributed by atoms with Gasteiger partial charge >= 0.3 is 5.97 Å². The van der Waals surface area contributed by atoms with Crippen LogP contribution >= 0.6 is 0 Å². The van der Waals surface area contributed by atoms with Gasteiger partial charge in [-0.3, -0.25) is 4.79 Å². The largest absolute Gasteiger partial charge is 0.493 e. The molecule has 0 atom stereocenters. The Morgan fingerprint density at radius 3 is 2.52 bits per heavy atom. The minimum Gasteiger partial charge on any atom is -0.493 e. The van der Waals surface area contributed by atoms with Crippen molar-refractivity contribution in [3.05, 3.63) is 59.2 Å². The van der Waals surface area contributed by atoms with E-state index in [4.69, 9.17) is 14.2 Å². The number of hydrogen-bond donors (Lipinski definition) is 1. The van der Waals surface area contributed by atoms with Crippen molar-refractivity contribution in [2.75, 3.05) is 25.6 Å². The second-order valence-electron chi connectivity index (χ2n) is 5.73. The molecule has 0 saturated heterocycles. The lowest BCUT2D eigenvalue weighted by molar-refractivity contribution is -0.112. The molecule has 2 aromatic carbocycles. The molecule has 0 fully saturated rings. The Morgan fingerprint density at radius 1 is 1.10 bits per heavy atom. The highest BCUT2D eigenvalue weighted by molar-refractivity contribution is 6.12. The summed E-state index contributed by atoms with van der Waals surface area (Å²) in [5.41, 5.74) is 0.939. The normalized spacial score (nSPS) is 10.6. The number of rotatable bonds is 8. The molecule has 29 heavy (non-hydrogen) atoms. The Bertz CT molecular complexity index is 960. The fourth-order valence-corrected chi connectivity index (χ4v) is 2.53. The van der Waals surface area contributed by atoms with E-state index in [2.05, 4.69) is 5.32 Å². The van der Waals surface area contributed by atoms with Crippen LogP contribution in [0.2, 0.25) is 0 Å². The maximum atomic E-state index is 12.6. The fraction of sp³-hybridized carbons (Fsp3) is 0.227. The summed E-state index contributed by atoms with van der Waals surface area (Å²) in [4.78, 5) is 24.6. The van der Waals surface area contributed by atoms with Crippen molar-refractivity contribution in [3.8, 4) is 17.6 Å². The first-order chi connectivity index (χ1) is 14.0. The SMILES string of the molecule is CCOC(=O)c1ccccc1NC(=O)/C(C#N)=C/c1ccc(OCC)c(OC)c1. The standard InChI is InChI=1S/C22H22N2O5/c1-4-28-19-11-10-15(13-20(19)27-3)12-16(14-23)21(25)24-18-9-7-6-8-17(18)22(26)29-5-2/h6-13H,4-5H2,1-3H3,(H,24,25)/b16-12+. The van der Waals surface area contributed by atoms with Crippen LogP contribution in [-0.2, 0) is 9.53 Å². The molecule has 7 nitrogen and oxygen atoms in total. The average Bonchev–Trinajstić information content (AvgIpc) is 2.73. The van der Waals surface area contributed by atoms with E-state index in [1.54, 1.807) is 49.4 Å². The molecule has 0 unspecified atom stereocenters. The van der Waals surface area contributed by atoms with E-state index in [0.29, 0.717) is 23.7 Å². The highest BCUT2D eigenvalue weighted by Crippen LogP contribution is 2.29. The number of ether oxygens (including phenoxy) is 3. The van der Waals surface area contributed by atoms with Crippen LogP contribution in [0.5, 0.6) is 11.5 Å². The van der Waals surface area contributed by atoms with Gasteiger partial charge in [0, 0.05) is 0 Å². The van der Waals surface area contributed by atoms with E-state index in [0.717, 1.165) is 0 Å². The zero-order chi connectivity index (χ0) is 21.2. The van der Waals surface area contributed by atoms with Crippen LogP contribution in [0.4, 0.5) is 5.69 Å². The molecule has 0 aliphatic heterocycles. The quantitative estimate of drug-likeness (QED) is 0.415. The number of para-hydroxylation sites is 1. The number of methoxy groups -OCH3 is 1. The third kappa shape index (κ3) is 5.59. The van der Waals surface area contributed by atoms with Gasteiger partial charge in [0.05, 0.1) is 31.6 Å². The Kier molecular flexibility index (Phi) is 7.80. The Labute approximate surface area is 169 Å². The van der Waals surface area contributed by atoms with Crippen molar-refractivity contribution >= 4 is 23.6 Å². The molecule has 7 heteroatoms. The zero-order valence-electron chi connectivity index (χ0n) is 16.5. The van der Waals surface area contributed by atoms with Gasteiger partial charge in [-0.05, 0) is 49.8 Å². The second kappa shape index (κ2) is 10.5. The molecule has 0 radical (unpaired) electrons. The minimum absolute atomic E-state index is 0.130. The number of hydrogen-bond acceptors (Lipinski definition) is 6. The maximum absolute atomic E-state index is 12.6. The molecule has 0 aliphatic rings. The van der Waals surface area contributed by atoms with Crippen LogP contribution in [0.3, 0.4) is 0 Å². The van der Waals surface area contributed by atoms with E-state index in [-0.39, 0.29) is 23.4 Å². The third-order valence-electron chi connectivity index (χ3n) is 3.83. The van der Waals surface area contributed by atoms with Crippen LogP contribution in [-0.4, -0.2) is 32.2 Å². The van der Waals surface area contributed by atoms with Crippen LogP contribution in [0.1, 0.15) is 29.8 Å². The first-order valence-corrected chi connectivity index (χ1v) is 9.04. The molecule has 1 amide bonds. The maximum Gasteiger partial charge on any atom is 0.340 e. The minimum atomic E-state index is -0.642.